The maximum absolute atomic E-state index is 7.86. The fraction of sp³-hybridized carbons (Fsp3) is 0.143. The normalized spacial score (nSPS) is 10.9. The molecule has 3 rings (SSSR count). The fourth-order valence-corrected chi connectivity index (χ4v) is 2.30. The summed E-state index contributed by atoms with van der Waals surface area (Å²) in [6, 6.07) is 5.75. The van der Waals surface area contributed by atoms with Crippen molar-refractivity contribution in [3.05, 3.63) is 47.7 Å². The Balaban J connectivity index is 2.43. The summed E-state index contributed by atoms with van der Waals surface area (Å²) in [7, 11) is 0. The number of hydrogen-bond acceptors (Lipinski definition) is 4. The van der Waals surface area contributed by atoms with E-state index >= 15 is 0 Å². The summed E-state index contributed by atoms with van der Waals surface area (Å²) in [5.41, 5.74) is 9.64. The van der Waals surface area contributed by atoms with E-state index in [1.54, 1.807) is 16.9 Å². The number of nitrogens with zero attached hydrogens (tertiary/aromatic N) is 4. The first-order chi connectivity index (χ1) is 9.58. The second kappa shape index (κ2) is 4.41. The van der Waals surface area contributed by atoms with Crippen molar-refractivity contribution >= 4 is 11.5 Å². The van der Waals surface area contributed by atoms with Crippen LogP contribution in [0.1, 0.15) is 17.1 Å². The third-order valence-corrected chi connectivity index (χ3v) is 3.14. The van der Waals surface area contributed by atoms with Crippen molar-refractivity contribution in [1.82, 2.24) is 19.6 Å². The molecule has 0 amide bonds. The van der Waals surface area contributed by atoms with Crippen LogP contribution >= 0.6 is 0 Å². The molecular weight excluding hydrogens is 252 g/mol. The lowest BCUT2D eigenvalue weighted by Gasteiger charge is -2.11. The van der Waals surface area contributed by atoms with Gasteiger partial charge in [-0.05, 0) is 31.5 Å². The van der Waals surface area contributed by atoms with Gasteiger partial charge in [0.15, 0.2) is 5.65 Å². The summed E-state index contributed by atoms with van der Waals surface area (Å²) in [4.78, 5) is 8.51. The molecule has 6 heteroatoms. The van der Waals surface area contributed by atoms with Crippen molar-refractivity contribution in [3.63, 3.8) is 0 Å². The van der Waals surface area contributed by atoms with Gasteiger partial charge in [-0.15, -0.1) is 0 Å². The van der Waals surface area contributed by atoms with E-state index in [1.165, 1.54) is 0 Å². The Bertz CT molecular complexity index is 803. The van der Waals surface area contributed by atoms with Gasteiger partial charge in [-0.3, -0.25) is 10.4 Å². The molecule has 0 saturated heterocycles. The van der Waals surface area contributed by atoms with Crippen molar-refractivity contribution in [2.24, 2.45) is 5.73 Å². The number of nitrogens with two attached hydrogens (primary N) is 1. The molecule has 0 aliphatic heterocycles. The average Bonchev–Trinajstić information content (AvgIpc) is 2.81. The molecule has 3 heterocycles. The lowest BCUT2D eigenvalue weighted by atomic mass is 10.0. The standard InChI is InChI=1S/C14H14N6/c1-8-6-11(10-4-3-5-17-7-10)12(13(15)16)14-18-9(2)19-20(8)14/h3-7H,1-2H3,(H3,15,16). The fourth-order valence-electron chi connectivity index (χ4n) is 2.30. The number of aromatic nitrogens is 4. The summed E-state index contributed by atoms with van der Waals surface area (Å²) >= 11 is 0. The maximum Gasteiger partial charge on any atom is 0.167 e. The van der Waals surface area contributed by atoms with E-state index in [0.717, 1.165) is 16.8 Å². The Morgan fingerprint density at radius 2 is 2.15 bits per heavy atom. The molecule has 0 atom stereocenters. The number of pyridine rings is 2. The third-order valence-electron chi connectivity index (χ3n) is 3.14. The van der Waals surface area contributed by atoms with Crippen molar-refractivity contribution in [2.75, 3.05) is 0 Å². The second-order valence-electron chi connectivity index (χ2n) is 4.62. The van der Waals surface area contributed by atoms with Gasteiger partial charge in [0.2, 0.25) is 0 Å². The average molecular weight is 266 g/mol. The van der Waals surface area contributed by atoms with E-state index in [4.69, 9.17) is 11.1 Å². The number of fused-ring (bicyclic) bond motifs is 1. The van der Waals surface area contributed by atoms with Crippen LogP contribution < -0.4 is 5.73 Å². The van der Waals surface area contributed by atoms with Crippen LogP contribution in [0, 0.1) is 19.3 Å². The summed E-state index contributed by atoms with van der Waals surface area (Å²) < 4.78 is 1.71. The first-order valence-electron chi connectivity index (χ1n) is 6.19. The van der Waals surface area contributed by atoms with Crippen LogP contribution in [-0.2, 0) is 0 Å². The van der Waals surface area contributed by atoms with Crippen LogP contribution in [0.4, 0.5) is 0 Å². The number of hydrogen-bond donors (Lipinski definition) is 2. The topological polar surface area (TPSA) is 93.0 Å². The molecule has 0 saturated carbocycles. The lowest BCUT2D eigenvalue weighted by molar-refractivity contribution is 0.891. The largest absolute Gasteiger partial charge is 0.384 e. The smallest absolute Gasteiger partial charge is 0.167 e. The summed E-state index contributed by atoms with van der Waals surface area (Å²) in [6.07, 6.45) is 3.46. The van der Waals surface area contributed by atoms with Crippen molar-refractivity contribution in [2.45, 2.75) is 13.8 Å². The van der Waals surface area contributed by atoms with Crippen LogP contribution in [0.3, 0.4) is 0 Å². The highest BCUT2D eigenvalue weighted by Crippen LogP contribution is 2.27. The van der Waals surface area contributed by atoms with Crippen LogP contribution in [-0.4, -0.2) is 25.4 Å². The molecule has 20 heavy (non-hydrogen) atoms. The Hall–Kier alpha value is -2.76. The highest BCUT2D eigenvalue weighted by molar-refractivity contribution is 6.06. The van der Waals surface area contributed by atoms with E-state index < -0.39 is 0 Å². The Labute approximate surface area is 115 Å². The molecule has 0 bridgehead atoms. The molecule has 0 aliphatic rings. The summed E-state index contributed by atoms with van der Waals surface area (Å²) in [5, 5.41) is 12.2. The number of amidine groups is 1. The van der Waals surface area contributed by atoms with Gasteiger partial charge in [0.1, 0.15) is 11.7 Å². The zero-order valence-corrected chi connectivity index (χ0v) is 11.3. The summed E-state index contributed by atoms with van der Waals surface area (Å²) in [5.74, 6) is 0.625. The van der Waals surface area contributed by atoms with E-state index in [1.807, 2.05) is 32.0 Å². The van der Waals surface area contributed by atoms with Gasteiger partial charge >= 0.3 is 0 Å². The minimum Gasteiger partial charge on any atom is -0.384 e. The van der Waals surface area contributed by atoms with E-state index in [9.17, 15) is 0 Å². The maximum atomic E-state index is 7.86. The first kappa shape index (κ1) is 12.3. The minimum atomic E-state index is -0.0266. The van der Waals surface area contributed by atoms with Crippen molar-refractivity contribution < 1.29 is 0 Å². The molecule has 0 fully saturated rings. The lowest BCUT2D eigenvalue weighted by Crippen LogP contribution is -2.15. The summed E-state index contributed by atoms with van der Waals surface area (Å²) in [6.45, 7) is 3.77. The Morgan fingerprint density at radius 3 is 2.80 bits per heavy atom. The molecule has 0 spiro atoms. The van der Waals surface area contributed by atoms with E-state index in [0.29, 0.717) is 17.0 Å². The third kappa shape index (κ3) is 1.82. The van der Waals surface area contributed by atoms with E-state index in [-0.39, 0.29) is 5.84 Å². The van der Waals surface area contributed by atoms with Gasteiger partial charge in [0, 0.05) is 23.7 Å². The number of nitrogens with one attached hydrogen (secondary N) is 1. The SMILES string of the molecule is Cc1nc2c(C(=N)N)c(-c3cccnc3)cc(C)n2n1. The first-order valence-corrected chi connectivity index (χ1v) is 6.19. The molecule has 6 nitrogen and oxygen atoms in total. The Morgan fingerprint density at radius 1 is 1.35 bits per heavy atom. The van der Waals surface area contributed by atoms with Gasteiger partial charge in [-0.1, -0.05) is 6.07 Å². The molecule has 3 aromatic heterocycles. The predicted molar refractivity (Wildman–Crippen MR) is 76.7 cm³/mol. The van der Waals surface area contributed by atoms with Gasteiger partial charge in [-0.2, -0.15) is 5.10 Å². The van der Waals surface area contributed by atoms with Gasteiger partial charge in [0.25, 0.3) is 0 Å². The molecule has 0 aliphatic carbocycles. The second-order valence-corrected chi connectivity index (χ2v) is 4.62. The highest BCUT2D eigenvalue weighted by Gasteiger charge is 2.17. The zero-order chi connectivity index (χ0) is 14.3. The highest BCUT2D eigenvalue weighted by atomic mass is 15.3. The van der Waals surface area contributed by atoms with Crippen LogP contribution in [0.25, 0.3) is 16.8 Å². The Kier molecular flexibility index (Phi) is 2.71. The van der Waals surface area contributed by atoms with Crippen LogP contribution in [0.2, 0.25) is 0 Å². The zero-order valence-electron chi connectivity index (χ0n) is 11.3. The van der Waals surface area contributed by atoms with Gasteiger partial charge in [-0.25, -0.2) is 9.50 Å². The minimum absolute atomic E-state index is 0.0266. The number of nitrogen functional groups attached to an aromatic ring is 1. The monoisotopic (exact) mass is 266 g/mol. The molecule has 100 valence electrons. The number of rotatable bonds is 2. The van der Waals surface area contributed by atoms with Crippen molar-refractivity contribution in [1.29, 1.82) is 5.41 Å². The van der Waals surface area contributed by atoms with Crippen molar-refractivity contribution in [3.8, 4) is 11.1 Å². The van der Waals surface area contributed by atoms with E-state index in [2.05, 4.69) is 15.1 Å². The molecular formula is C14H14N6. The molecule has 3 aromatic rings. The molecule has 0 radical (unpaired) electrons. The van der Waals surface area contributed by atoms with Crippen LogP contribution in [0.5, 0.6) is 0 Å². The number of aryl methyl sites for hydroxylation is 2. The predicted octanol–water partition coefficient (Wildman–Crippen LogP) is 1.69. The molecule has 0 aromatic carbocycles. The molecule has 0 unspecified atom stereocenters. The quantitative estimate of drug-likeness (QED) is 0.545. The van der Waals surface area contributed by atoms with Gasteiger partial charge < -0.3 is 5.73 Å². The van der Waals surface area contributed by atoms with Crippen LogP contribution in [0.15, 0.2) is 30.6 Å². The molecule has 3 N–H and O–H groups in total. The van der Waals surface area contributed by atoms with Gasteiger partial charge in [0.05, 0.1) is 5.56 Å².